The average Bonchev–Trinajstić information content (AvgIpc) is 2.19. The number of carboxylic acid groups (broad SMARTS) is 1. The van der Waals surface area contributed by atoms with Gasteiger partial charge in [0.15, 0.2) is 5.69 Å². The number of hydrogen-bond donors (Lipinski definition) is 1. The summed E-state index contributed by atoms with van der Waals surface area (Å²) in [5, 5.41) is 8.76. The van der Waals surface area contributed by atoms with Gasteiger partial charge in [-0.25, -0.2) is 9.78 Å². The van der Waals surface area contributed by atoms with E-state index in [9.17, 15) is 9.59 Å². The standard InChI is InChI=1S/C10H9NO3/c12-7-2-1-4-8-5-3-6-11-9(8)10(13)14/h1,3-7H,2H2,(H,13,14). The minimum absolute atomic E-state index is 0.00495. The van der Waals surface area contributed by atoms with Crippen LogP contribution in [0, 0.1) is 0 Å². The van der Waals surface area contributed by atoms with Crippen LogP contribution in [0.4, 0.5) is 0 Å². The third-order valence-electron chi connectivity index (χ3n) is 1.57. The second-order valence-electron chi connectivity index (χ2n) is 2.55. The Bertz CT molecular complexity index is 371. The molecule has 0 radical (unpaired) electrons. The van der Waals surface area contributed by atoms with E-state index in [0.29, 0.717) is 5.56 Å². The quantitative estimate of drug-likeness (QED) is 0.730. The van der Waals surface area contributed by atoms with Gasteiger partial charge >= 0.3 is 5.97 Å². The number of nitrogens with zero attached hydrogens (tertiary/aromatic N) is 1. The van der Waals surface area contributed by atoms with Crippen LogP contribution < -0.4 is 0 Å². The highest BCUT2D eigenvalue weighted by Gasteiger charge is 2.07. The Morgan fingerprint density at radius 3 is 3.00 bits per heavy atom. The molecule has 4 nitrogen and oxygen atoms in total. The van der Waals surface area contributed by atoms with Crippen molar-refractivity contribution in [1.82, 2.24) is 4.98 Å². The number of hydrogen-bond acceptors (Lipinski definition) is 3. The zero-order chi connectivity index (χ0) is 10.4. The molecule has 0 atom stereocenters. The number of carbonyl (C=O) groups is 2. The lowest BCUT2D eigenvalue weighted by Gasteiger charge is -1.97. The van der Waals surface area contributed by atoms with E-state index >= 15 is 0 Å². The average molecular weight is 191 g/mol. The first-order chi connectivity index (χ1) is 6.75. The fourth-order valence-electron chi connectivity index (χ4n) is 0.981. The van der Waals surface area contributed by atoms with Crippen LogP contribution in [-0.4, -0.2) is 22.3 Å². The molecular formula is C10H9NO3. The fraction of sp³-hybridized carbons (Fsp3) is 0.100. The van der Waals surface area contributed by atoms with Crippen molar-refractivity contribution in [3.63, 3.8) is 0 Å². The van der Waals surface area contributed by atoms with Gasteiger partial charge in [0, 0.05) is 18.2 Å². The van der Waals surface area contributed by atoms with Crippen LogP contribution in [0.5, 0.6) is 0 Å². The number of aromatic nitrogens is 1. The summed E-state index contributed by atoms with van der Waals surface area (Å²) in [6.07, 6.45) is 5.60. The van der Waals surface area contributed by atoms with Gasteiger partial charge in [-0.1, -0.05) is 18.2 Å². The van der Waals surface area contributed by atoms with Crippen LogP contribution in [0.25, 0.3) is 6.08 Å². The van der Waals surface area contributed by atoms with Gasteiger partial charge in [-0.2, -0.15) is 0 Å². The summed E-state index contributed by atoms with van der Waals surface area (Å²) in [7, 11) is 0. The normalized spacial score (nSPS) is 10.3. The number of pyridine rings is 1. The number of carboxylic acids is 1. The maximum Gasteiger partial charge on any atom is 0.355 e. The number of carbonyl (C=O) groups excluding carboxylic acids is 1. The topological polar surface area (TPSA) is 67.3 Å². The van der Waals surface area contributed by atoms with Crippen molar-refractivity contribution in [2.45, 2.75) is 6.42 Å². The van der Waals surface area contributed by atoms with E-state index in [1.54, 1.807) is 24.3 Å². The van der Waals surface area contributed by atoms with E-state index in [1.807, 2.05) is 0 Å². The van der Waals surface area contributed by atoms with Crippen LogP contribution in [0.1, 0.15) is 22.5 Å². The van der Waals surface area contributed by atoms with Gasteiger partial charge < -0.3 is 9.90 Å². The molecule has 0 saturated heterocycles. The Morgan fingerprint density at radius 1 is 1.57 bits per heavy atom. The summed E-state index contributed by atoms with van der Waals surface area (Å²) in [5.41, 5.74) is 0.497. The van der Waals surface area contributed by atoms with Crippen LogP contribution in [0.3, 0.4) is 0 Å². The van der Waals surface area contributed by atoms with Gasteiger partial charge in [0.05, 0.1) is 0 Å². The van der Waals surface area contributed by atoms with Gasteiger partial charge in [-0.05, 0) is 6.07 Å². The van der Waals surface area contributed by atoms with Gasteiger partial charge in [0.2, 0.25) is 0 Å². The lowest BCUT2D eigenvalue weighted by atomic mass is 10.1. The van der Waals surface area contributed by atoms with Gasteiger partial charge in [-0.3, -0.25) is 0 Å². The van der Waals surface area contributed by atoms with E-state index in [4.69, 9.17) is 5.11 Å². The largest absolute Gasteiger partial charge is 0.476 e. The van der Waals surface area contributed by atoms with Gasteiger partial charge in [-0.15, -0.1) is 0 Å². The molecule has 1 heterocycles. The highest BCUT2D eigenvalue weighted by atomic mass is 16.4. The van der Waals surface area contributed by atoms with Crippen LogP contribution in [-0.2, 0) is 4.79 Å². The maximum absolute atomic E-state index is 10.7. The molecule has 0 aromatic carbocycles. The van der Waals surface area contributed by atoms with Crippen LogP contribution >= 0.6 is 0 Å². The van der Waals surface area contributed by atoms with E-state index in [0.717, 1.165) is 6.29 Å². The molecule has 1 N–H and O–H groups in total. The maximum atomic E-state index is 10.7. The molecule has 14 heavy (non-hydrogen) atoms. The van der Waals surface area contributed by atoms with Crippen molar-refractivity contribution in [3.8, 4) is 0 Å². The van der Waals surface area contributed by atoms with E-state index in [-0.39, 0.29) is 12.1 Å². The van der Waals surface area contributed by atoms with Crippen LogP contribution in [0.15, 0.2) is 24.4 Å². The van der Waals surface area contributed by atoms with Gasteiger partial charge in [0.25, 0.3) is 0 Å². The summed E-state index contributed by atoms with van der Waals surface area (Å²) in [6.45, 7) is 0. The van der Waals surface area contributed by atoms with Gasteiger partial charge in [0.1, 0.15) is 6.29 Å². The monoisotopic (exact) mass is 191 g/mol. The molecular weight excluding hydrogens is 182 g/mol. The van der Waals surface area contributed by atoms with Crippen molar-refractivity contribution in [2.75, 3.05) is 0 Å². The first-order valence-electron chi connectivity index (χ1n) is 4.04. The molecule has 1 aromatic rings. The SMILES string of the molecule is O=CCC=Cc1cccnc1C(=O)O. The fourth-order valence-corrected chi connectivity index (χ4v) is 0.981. The van der Waals surface area contributed by atoms with Crippen molar-refractivity contribution >= 4 is 18.3 Å². The Hall–Kier alpha value is -1.97. The highest BCUT2D eigenvalue weighted by molar-refractivity contribution is 5.89. The van der Waals surface area contributed by atoms with Crippen molar-refractivity contribution < 1.29 is 14.7 Å². The molecule has 1 aromatic heterocycles. The molecule has 0 spiro atoms. The highest BCUT2D eigenvalue weighted by Crippen LogP contribution is 2.07. The first-order valence-corrected chi connectivity index (χ1v) is 4.04. The molecule has 0 fully saturated rings. The van der Waals surface area contributed by atoms with E-state index < -0.39 is 5.97 Å². The molecule has 0 unspecified atom stereocenters. The number of aromatic carboxylic acids is 1. The third kappa shape index (κ3) is 2.52. The molecule has 0 saturated carbocycles. The first kappa shape index (κ1) is 10.1. The zero-order valence-corrected chi connectivity index (χ0v) is 7.38. The van der Waals surface area contributed by atoms with Crippen molar-refractivity contribution in [3.05, 3.63) is 35.7 Å². The van der Waals surface area contributed by atoms with E-state index in [1.165, 1.54) is 6.20 Å². The summed E-state index contributed by atoms with van der Waals surface area (Å²) in [5.74, 6) is -1.07. The molecule has 1 rings (SSSR count). The molecule has 0 aliphatic heterocycles. The molecule has 0 aliphatic carbocycles. The summed E-state index contributed by atoms with van der Waals surface area (Å²) in [4.78, 5) is 24.4. The Kier molecular flexibility index (Phi) is 3.55. The summed E-state index contributed by atoms with van der Waals surface area (Å²) in [6, 6.07) is 3.28. The second-order valence-corrected chi connectivity index (χ2v) is 2.55. The Labute approximate surface area is 80.9 Å². The predicted molar refractivity (Wildman–Crippen MR) is 50.9 cm³/mol. The minimum atomic E-state index is -1.07. The Morgan fingerprint density at radius 2 is 2.36 bits per heavy atom. The molecule has 0 amide bonds. The van der Waals surface area contributed by atoms with Crippen molar-refractivity contribution in [1.29, 1.82) is 0 Å². The number of allylic oxidation sites excluding steroid dienone is 1. The van der Waals surface area contributed by atoms with E-state index in [2.05, 4.69) is 4.98 Å². The lowest BCUT2D eigenvalue weighted by Crippen LogP contribution is -2.02. The molecule has 4 heteroatoms. The summed E-state index contributed by atoms with van der Waals surface area (Å²) < 4.78 is 0. The van der Waals surface area contributed by atoms with Crippen LogP contribution in [0.2, 0.25) is 0 Å². The number of aldehydes is 1. The molecule has 0 aliphatic rings. The molecule has 0 bridgehead atoms. The third-order valence-corrected chi connectivity index (χ3v) is 1.57. The zero-order valence-electron chi connectivity index (χ0n) is 7.38. The smallest absolute Gasteiger partial charge is 0.355 e. The Balaban J connectivity index is 2.95. The second kappa shape index (κ2) is 4.91. The minimum Gasteiger partial charge on any atom is -0.476 e. The molecule has 72 valence electrons. The lowest BCUT2D eigenvalue weighted by molar-refractivity contribution is -0.107. The number of rotatable bonds is 4. The predicted octanol–water partition coefficient (Wildman–Crippen LogP) is 1.38. The summed E-state index contributed by atoms with van der Waals surface area (Å²) >= 11 is 0. The van der Waals surface area contributed by atoms with Crippen molar-refractivity contribution in [2.24, 2.45) is 0 Å².